The van der Waals surface area contributed by atoms with Gasteiger partial charge in [0.05, 0.1) is 4.88 Å². The van der Waals surface area contributed by atoms with Crippen molar-refractivity contribution in [2.24, 2.45) is 0 Å². The quantitative estimate of drug-likeness (QED) is 0.864. The van der Waals surface area contributed by atoms with Crippen LogP contribution in [-0.4, -0.2) is 36.0 Å². The van der Waals surface area contributed by atoms with E-state index in [4.69, 9.17) is 0 Å². The Bertz CT molecular complexity index is 443. The lowest BCUT2D eigenvalue weighted by molar-refractivity contribution is 0.0678. The van der Waals surface area contributed by atoms with Gasteiger partial charge in [-0.05, 0) is 44.7 Å². The van der Waals surface area contributed by atoms with Crippen molar-refractivity contribution in [3.63, 3.8) is 0 Å². The second-order valence-electron chi connectivity index (χ2n) is 5.59. The van der Waals surface area contributed by atoms with E-state index in [9.17, 15) is 4.79 Å². The number of piperazine rings is 1. The fourth-order valence-electron chi connectivity index (χ4n) is 3.08. The SMILES string of the molecule is CC1CN(C(=O)c2cc3c(s2)CCC3)CC(C)N1.Cl. The van der Waals surface area contributed by atoms with Gasteiger partial charge in [0, 0.05) is 30.1 Å². The largest absolute Gasteiger partial charge is 0.335 e. The number of rotatable bonds is 1. The van der Waals surface area contributed by atoms with E-state index in [1.54, 1.807) is 11.3 Å². The number of fused-ring (bicyclic) bond motifs is 1. The van der Waals surface area contributed by atoms with Crippen molar-refractivity contribution >= 4 is 29.7 Å². The zero-order valence-electron chi connectivity index (χ0n) is 11.4. The van der Waals surface area contributed by atoms with Crippen LogP contribution in [0.25, 0.3) is 0 Å². The summed E-state index contributed by atoms with van der Waals surface area (Å²) in [5.41, 5.74) is 1.42. The summed E-state index contributed by atoms with van der Waals surface area (Å²) in [6.45, 7) is 5.94. The standard InChI is InChI=1S/C14H20N2OS.ClH/c1-9-7-16(8-10(2)15-9)14(17)13-6-11-4-3-5-12(11)18-13;/h6,9-10,15H,3-5,7-8H2,1-2H3;1H. The molecule has 1 aromatic rings. The van der Waals surface area contributed by atoms with Crippen molar-refractivity contribution in [2.75, 3.05) is 13.1 Å². The number of carbonyl (C=O) groups excluding carboxylic acids is 1. The lowest BCUT2D eigenvalue weighted by Crippen LogP contribution is -2.55. The predicted molar refractivity (Wildman–Crippen MR) is 81.6 cm³/mol. The van der Waals surface area contributed by atoms with Crippen LogP contribution in [0.5, 0.6) is 0 Å². The van der Waals surface area contributed by atoms with Gasteiger partial charge < -0.3 is 10.2 Å². The lowest BCUT2D eigenvalue weighted by Gasteiger charge is -2.35. The Labute approximate surface area is 124 Å². The number of thiophene rings is 1. The van der Waals surface area contributed by atoms with Crippen LogP contribution in [0.1, 0.15) is 40.4 Å². The van der Waals surface area contributed by atoms with Crippen LogP contribution < -0.4 is 5.32 Å². The molecule has 0 saturated carbocycles. The maximum absolute atomic E-state index is 12.5. The lowest BCUT2D eigenvalue weighted by atomic mass is 10.1. The maximum atomic E-state index is 12.5. The highest BCUT2D eigenvalue weighted by Gasteiger charge is 2.27. The molecule has 3 nitrogen and oxygen atoms in total. The third kappa shape index (κ3) is 2.96. The van der Waals surface area contributed by atoms with E-state index in [2.05, 4.69) is 25.2 Å². The highest BCUT2D eigenvalue weighted by Crippen LogP contribution is 2.31. The first-order chi connectivity index (χ1) is 8.63. The molecule has 2 unspecified atom stereocenters. The van der Waals surface area contributed by atoms with E-state index in [1.807, 2.05) is 4.90 Å². The molecule has 1 fully saturated rings. The third-order valence-corrected chi connectivity index (χ3v) is 5.03. The topological polar surface area (TPSA) is 32.3 Å². The number of halogens is 1. The summed E-state index contributed by atoms with van der Waals surface area (Å²) < 4.78 is 0. The van der Waals surface area contributed by atoms with Crippen LogP contribution in [0, 0.1) is 0 Å². The Morgan fingerprint density at radius 3 is 2.63 bits per heavy atom. The minimum Gasteiger partial charge on any atom is -0.335 e. The van der Waals surface area contributed by atoms with Crippen LogP contribution in [-0.2, 0) is 12.8 Å². The van der Waals surface area contributed by atoms with Gasteiger partial charge in [-0.25, -0.2) is 0 Å². The van der Waals surface area contributed by atoms with E-state index in [0.29, 0.717) is 12.1 Å². The number of aryl methyl sites for hydroxylation is 2. The molecule has 1 aliphatic heterocycles. The van der Waals surface area contributed by atoms with Gasteiger partial charge in [-0.1, -0.05) is 0 Å². The number of amides is 1. The Kier molecular flexibility index (Phi) is 4.54. The molecule has 0 aromatic carbocycles. The van der Waals surface area contributed by atoms with Crippen LogP contribution in [0.3, 0.4) is 0 Å². The summed E-state index contributed by atoms with van der Waals surface area (Å²) in [4.78, 5) is 16.9. The molecule has 0 spiro atoms. The summed E-state index contributed by atoms with van der Waals surface area (Å²) in [5.74, 6) is 0.231. The molecule has 5 heteroatoms. The molecule has 106 valence electrons. The molecule has 0 bridgehead atoms. The smallest absolute Gasteiger partial charge is 0.264 e. The average Bonchev–Trinajstić information content (AvgIpc) is 2.86. The number of hydrogen-bond acceptors (Lipinski definition) is 3. The highest BCUT2D eigenvalue weighted by atomic mass is 35.5. The van der Waals surface area contributed by atoms with Crippen molar-refractivity contribution in [1.82, 2.24) is 10.2 Å². The van der Waals surface area contributed by atoms with Gasteiger partial charge in [-0.2, -0.15) is 0 Å². The first kappa shape index (κ1) is 14.8. The van der Waals surface area contributed by atoms with Gasteiger partial charge in [0.1, 0.15) is 0 Å². The van der Waals surface area contributed by atoms with Crippen molar-refractivity contribution in [3.05, 3.63) is 21.4 Å². The van der Waals surface area contributed by atoms with Crippen molar-refractivity contribution < 1.29 is 4.79 Å². The summed E-state index contributed by atoms with van der Waals surface area (Å²) in [6.07, 6.45) is 3.59. The zero-order chi connectivity index (χ0) is 12.7. The molecule has 2 heterocycles. The molecular weight excluding hydrogens is 280 g/mol. The molecule has 3 rings (SSSR count). The highest BCUT2D eigenvalue weighted by molar-refractivity contribution is 7.14. The van der Waals surface area contributed by atoms with Crippen LogP contribution in [0.4, 0.5) is 0 Å². The molecule has 19 heavy (non-hydrogen) atoms. The monoisotopic (exact) mass is 300 g/mol. The van der Waals surface area contributed by atoms with E-state index >= 15 is 0 Å². The number of nitrogens with zero attached hydrogens (tertiary/aromatic N) is 1. The fourth-order valence-corrected chi connectivity index (χ4v) is 4.30. The van der Waals surface area contributed by atoms with Gasteiger partial charge in [-0.3, -0.25) is 4.79 Å². The van der Waals surface area contributed by atoms with E-state index in [1.165, 1.54) is 23.3 Å². The molecule has 2 aliphatic rings. The maximum Gasteiger partial charge on any atom is 0.264 e. The van der Waals surface area contributed by atoms with Gasteiger partial charge in [-0.15, -0.1) is 23.7 Å². The molecule has 2 atom stereocenters. The Hall–Kier alpha value is -0.580. The molecule has 1 amide bonds. The fraction of sp³-hybridized carbons (Fsp3) is 0.643. The molecule has 1 saturated heterocycles. The van der Waals surface area contributed by atoms with Crippen molar-refractivity contribution in [1.29, 1.82) is 0 Å². The average molecular weight is 301 g/mol. The summed E-state index contributed by atoms with van der Waals surface area (Å²) in [5, 5.41) is 3.46. The van der Waals surface area contributed by atoms with Crippen LogP contribution >= 0.6 is 23.7 Å². The minimum atomic E-state index is 0. The van der Waals surface area contributed by atoms with Gasteiger partial charge in [0.2, 0.25) is 0 Å². The van der Waals surface area contributed by atoms with Gasteiger partial charge in [0.15, 0.2) is 0 Å². The summed E-state index contributed by atoms with van der Waals surface area (Å²) in [6, 6.07) is 2.92. The second kappa shape index (κ2) is 5.81. The minimum absolute atomic E-state index is 0. The van der Waals surface area contributed by atoms with E-state index in [0.717, 1.165) is 24.4 Å². The van der Waals surface area contributed by atoms with Crippen LogP contribution in [0.2, 0.25) is 0 Å². The van der Waals surface area contributed by atoms with Crippen molar-refractivity contribution in [2.45, 2.75) is 45.2 Å². The zero-order valence-corrected chi connectivity index (χ0v) is 13.1. The summed E-state index contributed by atoms with van der Waals surface area (Å²) in [7, 11) is 0. The molecule has 0 radical (unpaired) electrons. The molecule has 1 aromatic heterocycles. The van der Waals surface area contributed by atoms with Crippen molar-refractivity contribution in [3.8, 4) is 0 Å². The molecule has 1 N–H and O–H groups in total. The summed E-state index contributed by atoms with van der Waals surface area (Å²) >= 11 is 1.71. The van der Waals surface area contributed by atoms with Gasteiger partial charge >= 0.3 is 0 Å². The first-order valence-corrected chi connectivity index (χ1v) is 7.62. The Morgan fingerprint density at radius 1 is 1.32 bits per heavy atom. The Balaban J connectivity index is 0.00000133. The molecule has 1 aliphatic carbocycles. The van der Waals surface area contributed by atoms with Gasteiger partial charge in [0.25, 0.3) is 5.91 Å². The number of carbonyl (C=O) groups is 1. The predicted octanol–water partition coefficient (Wildman–Crippen LogP) is 2.48. The first-order valence-electron chi connectivity index (χ1n) is 6.80. The number of nitrogens with one attached hydrogen (secondary N) is 1. The third-order valence-electron chi connectivity index (χ3n) is 3.80. The van der Waals surface area contributed by atoms with E-state index in [-0.39, 0.29) is 18.3 Å². The molecular formula is C14H21ClN2OS. The Morgan fingerprint density at radius 2 is 2.00 bits per heavy atom. The number of hydrogen-bond donors (Lipinski definition) is 1. The normalized spacial score (nSPS) is 25.9. The van der Waals surface area contributed by atoms with Crippen LogP contribution in [0.15, 0.2) is 6.07 Å². The van der Waals surface area contributed by atoms with E-state index < -0.39 is 0 Å². The second-order valence-corrected chi connectivity index (χ2v) is 6.73.